The summed E-state index contributed by atoms with van der Waals surface area (Å²) in [6.07, 6.45) is 3.86. The minimum atomic E-state index is -1.00. The number of aliphatic hydroxyl groups excluding tert-OH is 2. The van der Waals surface area contributed by atoms with Gasteiger partial charge in [-0.15, -0.1) is 0 Å². The number of unbranched alkanes of at least 4 members (excludes halogenated alkanes) is 3. The first-order valence-electron chi connectivity index (χ1n) is 5.02. The number of hydrogen-bond donors (Lipinski definition) is 3. The zero-order chi connectivity index (χ0) is 11.0. The SMILES string of the molecule is CC(CO)(CCCCCCO)C(=O)O. The van der Waals surface area contributed by atoms with Crippen LogP contribution in [0.3, 0.4) is 0 Å². The molecule has 14 heavy (non-hydrogen) atoms. The quantitative estimate of drug-likeness (QED) is 0.516. The molecular weight excluding hydrogens is 184 g/mol. The van der Waals surface area contributed by atoms with Crippen molar-refractivity contribution in [1.29, 1.82) is 0 Å². The van der Waals surface area contributed by atoms with E-state index in [0.29, 0.717) is 6.42 Å². The van der Waals surface area contributed by atoms with Gasteiger partial charge in [-0.1, -0.05) is 19.3 Å². The van der Waals surface area contributed by atoms with Crippen molar-refractivity contribution < 1.29 is 20.1 Å². The average Bonchev–Trinajstić information content (AvgIpc) is 2.17. The van der Waals surface area contributed by atoms with Gasteiger partial charge < -0.3 is 15.3 Å². The molecule has 3 N–H and O–H groups in total. The Morgan fingerprint density at radius 3 is 2.14 bits per heavy atom. The third-order valence-electron chi connectivity index (χ3n) is 2.50. The maximum atomic E-state index is 10.8. The largest absolute Gasteiger partial charge is 0.481 e. The van der Waals surface area contributed by atoms with Gasteiger partial charge in [0.25, 0.3) is 0 Å². The molecule has 0 saturated heterocycles. The van der Waals surface area contributed by atoms with Crippen LogP contribution in [0.4, 0.5) is 0 Å². The second kappa shape index (κ2) is 6.79. The Morgan fingerprint density at radius 1 is 1.14 bits per heavy atom. The summed E-state index contributed by atoms with van der Waals surface area (Å²) in [5.74, 6) is -0.942. The highest BCUT2D eigenvalue weighted by Gasteiger charge is 2.31. The molecule has 0 aliphatic heterocycles. The molecule has 0 radical (unpaired) electrons. The van der Waals surface area contributed by atoms with Crippen molar-refractivity contribution >= 4 is 5.97 Å². The van der Waals surface area contributed by atoms with Gasteiger partial charge in [0.15, 0.2) is 0 Å². The highest BCUT2D eigenvalue weighted by Crippen LogP contribution is 2.24. The lowest BCUT2D eigenvalue weighted by Gasteiger charge is -2.21. The Kier molecular flexibility index (Phi) is 6.49. The predicted molar refractivity (Wildman–Crippen MR) is 53.0 cm³/mol. The molecule has 0 bridgehead atoms. The molecule has 0 aromatic heterocycles. The molecular formula is C10H20O4. The molecule has 0 amide bonds. The van der Waals surface area contributed by atoms with Crippen LogP contribution in [0.15, 0.2) is 0 Å². The van der Waals surface area contributed by atoms with Crippen molar-refractivity contribution in [2.45, 2.75) is 39.0 Å². The molecule has 0 heterocycles. The summed E-state index contributed by atoms with van der Waals surface area (Å²) in [5, 5.41) is 26.3. The number of aliphatic carboxylic acids is 1. The van der Waals surface area contributed by atoms with E-state index in [4.69, 9.17) is 15.3 Å². The summed E-state index contributed by atoms with van der Waals surface area (Å²) in [7, 11) is 0. The van der Waals surface area contributed by atoms with Gasteiger partial charge >= 0.3 is 5.97 Å². The number of carbonyl (C=O) groups is 1. The highest BCUT2D eigenvalue weighted by molar-refractivity contribution is 5.74. The zero-order valence-corrected chi connectivity index (χ0v) is 8.70. The Balaban J connectivity index is 3.68. The summed E-state index contributed by atoms with van der Waals surface area (Å²) in [6, 6.07) is 0. The lowest BCUT2D eigenvalue weighted by Crippen LogP contribution is -2.31. The molecule has 0 aliphatic carbocycles. The first kappa shape index (κ1) is 13.4. The van der Waals surface area contributed by atoms with Crippen molar-refractivity contribution in [3.8, 4) is 0 Å². The second-order valence-electron chi connectivity index (χ2n) is 3.91. The normalized spacial score (nSPS) is 15.1. The number of aliphatic hydroxyl groups is 2. The topological polar surface area (TPSA) is 77.8 Å². The lowest BCUT2D eigenvalue weighted by molar-refractivity contribution is -0.150. The zero-order valence-electron chi connectivity index (χ0n) is 8.70. The molecule has 0 aromatic carbocycles. The van der Waals surface area contributed by atoms with Crippen LogP contribution in [0.25, 0.3) is 0 Å². The van der Waals surface area contributed by atoms with Crippen molar-refractivity contribution in [2.24, 2.45) is 5.41 Å². The van der Waals surface area contributed by atoms with E-state index in [9.17, 15) is 4.79 Å². The minimum absolute atomic E-state index is 0.191. The second-order valence-corrected chi connectivity index (χ2v) is 3.91. The smallest absolute Gasteiger partial charge is 0.311 e. The van der Waals surface area contributed by atoms with Gasteiger partial charge in [-0.05, 0) is 19.8 Å². The van der Waals surface area contributed by atoms with Gasteiger partial charge in [-0.2, -0.15) is 0 Å². The number of hydrogen-bond acceptors (Lipinski definition) is 3. The summed E-state index contributed by atoms with van der Waals surface area (Å²) in [5.41, 5.74) is -1.00. The van der Waals surface area contributed by atoms with Gasteiger partial charge in [-0.3, -0.25) is 4.79 Å². The molecule has 4 nitrogen and oxygen atoms in total. The molecule has 0 spiro atoms. The fourth-order valence-electron chi connectivity index (χ4n) is 1.23. The van der Waals surface area contributed by atoms with Crippen molar-refractivity contribution in [2.75, 3.05) is 13.2 Å². The van der Waals surface area contributed by atoms with E-state index in [1.807, 2.05) is 0 Å². The molecule has 1 unspecified atom stereocenters. The number of carboxylic acid groups (broad SMARTS) is 1. The third-order valence-corrected chi connectivity index (χ3v) is 2.50. The van der Waals surface area contributed by atoms with Crippen molar-refractivity contribution in [3.63, 3.8) is 0 Å². The molecule has 0 saturated carbocycles. The van der Waals surface area contributed by atoms with E-state index in [1.54, 1.807) is 6.92 Å². The summed E-state index contributed by atoms with van der Waals surface area (Å²) in [4.78, 5) is 10.8. The third kappa shape index (κ3) is 4.58. The van der Waals surface area contributed by atoms with Crippen molar-refractivity contribution in [1.82, 2.24) is 0 Å². The molecule has 0 aliphatic rings. The Hall–Kier alpha value is -0.610. The van der Waals surface area contributed by atoms with Crippen LogP contribution in [0, 0.1) is 5.41 Å². The van der Waals surface area contributed by atoms with E-state index in [-0.39, 0.29) is 13.2 Å². The molecule has 0 rings (SSSR count). The van der Waals surface area contributed by atoms with E-state index >= 15 is 0 Å². The van der Waals surface area contributed by atoms with E-state index in [0.717, 1.165) is 25.7 Å². The Bertz CT molecular complexity index is 170. The van der Waals surface area contributed by atoms with Gasteiger partial charge in [0.2, 0.25) is 0 Å². The lowest BCUT2D eigenvalue weighted by atomic mass is 9.85. The number of rotatable bonds is 8. The maximum Gasteiger partial charge on any atom is 0.311 e. The maximum absolute atomic E-state index is 10.8. The number of carboxylic acids is 1. The fraction of sp³-hybridized carbons (Fsp3) is 0.900. The first-order valence-corrected chi connectivity index (χ1v) is 5.02. The van der Waals surface area contributed by atoms with Crippen LogP contribution >= 0.6 is 0 Å². The van der Waals surface area contributed by atoms with Crippen LogP contribution in [0.1, 0.15) is 39.0 Å². The van der Waals surface area contributed by atoms with E-state index in [1.165, 1.54) is 0 Å². The van der Waals surface area contributed by atoms with Gasteiger partial charge in [0.05, 0.1) is 12.0 Å². The highest BCUT2D eigenvalue weighted by atomic mass is 16.4. The fourth-order valence-corrected chi connectivity index (χ4v) is 1.23. The van der Waals surface area contributed by atoms with Crippen LogP contribution in [-0.2, 0) is 4.79 Å². The Labute approximate surface area is 84.6 Å². The summed E-state index contributed by atoms with van der Waals surface area (Å²) < 4.78 is 0. The first-order chi connectivity index (χ1) is 6.56. The predicted octanol–water partition coefficient (Wildman–Crippen LogP) is 1.01. The van der Waals surface area contributed by atoms with Gasteiger partial charge in [0, 0.05) is 6.61 Å². The van der Waals surface area contributed by atoms with Gasteiger partial charge in [-0.25, -0.2) is 0 Å². The standard InChI is InChI=1S/C10H20O4/c1-10(8-12,9(13)14)6-4-2-3-5-7-11/h11-12H,2-8H2,1H3,(H,13,14). The molecule has 1 atom stereocenters. The Morgan fingerprint density at radius 2 is 1.71 bits per heavy atom. The van der Waals surface area contributed by atoms with Crippen LogP contribution < -0.4 is 0 Å². The van der Waals surface area contributed by atoms with E-state index < -0.39 is 11.4 Å². The van der Waals surface area contributed by atoms with Crippen LogP contribution in [0.2, 0.25) is 0 Å². The van der Waals surface area contributed by atoms with Crippen LogP contribution in [-0.4, -0.2) is 34.5 Å². The molecule has 0 fully saturated rings. The summed E-state index contributed by atoms with van der Waals surface area (Å²) >= 11 is 0. The van der Waals surface area contributed by atoms with Crippen LogP contribution in [0.5, 0.6) is 0 Å². The minimum Gasteiger partial charge on any atom is -0.481 e. The molecule has 0 aromatic rings. The molecule has 84 valence electrons. The van der Waals surface area contributed by atoms with Crippen molar-refractivity contribution in [3.05, 3.63) is 0 Å². The van der Waals surface area contributed by atoms with E-state index in [2.05, 4.69) is 0 Å². The molecule has 4 heteroatoms. The summed E-state index contributed by atoms with van der Waals surface area (Å²) in [6.45, 7) is 1.43. The van der Waals surface area contributed by atoms with Gasteiger partial charge in [0.1, 0.15) is 0 Å². The monoisotopic (exact) mass is 204 g/mol. The average molecular weight is 204 g/mol.